The Morgan fingerprint density at radius 2 is 1.74 bits per heavy atom. The Balaban J connectivity index is 2.30. The van der Waals surface area contributed by atoms with Gasteiger partial charge >= 0.3 is 5.97 Å². The molecule has 1 amide bonds. The zero-order valence-corrected chi connectivity index (χ0v) is 16.8. The second kappa shape index (κ2) is 8.75. The van der Waals surface area contributed by atoms with Crippen LogP contribution in [0.2, 0.25) is 0 Å². The van der Waals surface area contributed by atoms with Gasteiger partial charge in [-0.05, 0) is 56.5 Å². The number of carbonyl (C=O) groups excluding carboxylic acids is 2. The fourth-order valence-electron chi connectivity index (χ4n) is 3.19. The second-order valence-corrected chi connectivity index (χ2v) is 7.00. The number of benzene rings is 1. The Kier molecular flexibility index (Phi) is 6.66. The molecule has 0 bridgehead atoms. The molecule has 0 saturated heterocycles. The summed E-state index contributed by atoms with van der Waals surface area (Å²) in [7, 11) is 2.95. The number of amides is 1. The Bertz CT molecular complexity index is 806. The van der Waals surface area contributed by atoms with Gasteiger partial charge in [0.25, 0.3) is 5.91 Å². The van der Waals surface area contributed by atoms with Gasteiger partial charge < -0.3 is 19.4 Å². The summed E-state index contributed by atoms with van der Waals surface area (Å²) < 4.78 is 12.0. The maximum absolute atomic E-state index is 12.8. The van der Waals surface area contributed by atoms with Crippen LogP contribution in [-0.2, 0) is 9.53 Å². The molecule has 1 aromatic carbocycles. The van der Waals surface area contributed by atoms with Crippen molar-refractivity contribution >= 4 is 11.9 Å². The first kappa shape index (κ1) is 20.6. The van der Waals surface area contributed by atoms with E-state index in [1.807, 2.05) is 62.6 Å². The average Bonchev–Trinajstić information content (AvgIpc) is 2.94. The molecule has 1 aromatic heterocycles. The van der Waals surface area contributed by atoms with Crippen LogP contribution in [-0.4, -0.2) is 36.7 Å². The number of methoxy groups -OCH3 is 2. The summed E-state index contributed by atoms with van der Waals surface area (Å²) in [5.41, 5.74) is 3.22. The van der Waals surface area contributed by atoms with Crippen molar-refractivity contribution in [3.8, 4) is 11.4 Å². The summed E-state index contributed by atoms with van der Waals surface area (Å²) in [6, 6.07) is 8.81. The summed E-state index contributed by atoms with van der Waals surface area (Å²) in [6.07, 6.45) is 0.523. The molecule has 0 saturated carbocycles. The minimum Gasteiger partial charge on any atom is -0.497 e. The van der Waals surface area contributed by atoms with E-state index in [-0.39, 0.29) is 11.8 Å². The second-order valence-electron chi connectivity index (χ2n) is 7.00. The highest BCUT2D eigenvalue weighted by molar-refractivity contribution is 5.98. The van der Waals surface area contributed by atoms with E-state index in [4.69, 9.17) is 9.47 Å². The lowest BCUT2D eigenvalue weighted by molar-refractivity contribution is -0.143. The van der Waals surface area contributed by atoms with Crippen LogP contribution < -0.4 is 10.1 Å². The molecule has 1 heterocycles. The molecule has 0 fully saturated rings. The van der Waals surface area contributed by atoms with Crippen LogP contribution in [0.25, 0.3) is 5.69 Å². The average molecular weight is 372 g/mol. The molecule has 6 heteroatoms. The van der Waals surface area contributed by atoms with Gasteiger partial charge in [0.2, 0.25) is 0 Å². The fourth-order valence-corrected chi connectivity index (χ4v) is 3.19. The number of aromatic nitrogens is 1. The molecule has 0 aliphatic carbocycles. The van der Waals surface area contributed by atoms with Crippen molar-refractivity contribution in [3.63, 3.8) is 0 Å². The van der Waals surface area contributed by atoms with Gasteiger partial charge in [-0.2, -0.15) is 0 Å². The van der Waals surface area contributed by atoms with Gasteiger partial charge in [0.15, 0.2) is 0 Å². The van der Waals surface area contributed by atoms with Crippen LogP contribution in [0, 0.1) is 19.8 Å². The van der Waals surface area contributed by atoms with Gasteiger partial charge in [-0.3, -0.25) is 4.79 Å². The molecule has 1 unspecified atom stereocenters. The minimum atomic E-state index is -0.661. The van der Waals surface area contributed by atoms with Crippen LogP contribution in [0.15, 0.2) is 30.3 Å². The van der Waals surface area contributed by atoms with Crippen molar-refractivity contribution in [2.45, 2.75) is 40.2 Å². The molecule has 2 aromatic rings. The summed E-state index contributed by atoms with van der Waals surface area (Å²) in [4.78, 5) is 24.8. The zero-order valence-electron chi connectivity index (χ0n) is 16.8. The van der Waals surface area contributed by atoms with Crippen LogP contribution in [0.3, 0.4) is 0 Å². The smallest absolute Gasteiger partial charge is 0.328 e. The molecule has 2 rings (SSSR count). The largest absolute Gasteiger partial charge is 0.497 e. The van der Waals surface area contributed by atoms with Gasteiger partial charge in [-0.1, -0.05) is 13.8 Å². The van der Waals surface area contributed by atoms with E-state index in [2.05, 4.69) is 5.32 Å². The van der Waals surface area contributed by atoms with Gasteiger partial charge in [0, 0.05) is 17.1 Å². The predicted octanol–water partition coefficient (Wildman–Crippen LogP) is 3.42. The summed E-state index contributed by atoms with van der Waals surface area (Å²) >= 11 is 0. The molecule has 0 aliphatic rings. The topological polar surface area (TPSA) is 69.6 Å². The lowest BCUT2D eigenvalue weighted by Crippen LogP contribution is -2.42. The minimum absolute atomic E-state index is 0.251. The quantitative estimate of drug-likeness (QED) is 0.756. The van der Waals surface area contributed by atoms with E-state index >= 15 is 0 Å². The number of hydrogen-bond acceptors (Lipinski definition) is 4. The van der Waals surface area contributed by atoms with E-state index in [9.17, 15) is 9.59 Å². The fraction of sp³-hybridized carbons (Fsp3) is 0.429. The first-order valence-electron chi connectivity index (χ1n) is 9.00. The first-order valence-corrected chi connectivity index (χ1v) is 9.00. The molecule has 0 spiro atoms. The number of ether oxygens (including phenoxy) is 2. The van der Waals surface area contributed by atoms with Crippen LogP contribution in [0.4, 0.5) is 0 Å². The van der Waals surface area contributed by atoms with Gasteiger partial charge in [0.1, 0.15) is 11.8 Å². The summed E-state index contributed by atoms with van der Waals surface area (Å²) in [5.74, 6) is 0.315. The standard InChI is InChI=1S/C21H28N2O4/c1-13(2)11-19(21(25)27-6)22-20(24)18-12-14(3)23(15(18)4)16-7-9-17(26-5)10-8-16/h7-10,12-13,19H,11H2,1-6H3,(H,22,24). The van der Waals surface area contributed by atoms with E-state index < -0.39 is 12.0 Å². The van der Waals surface area contributed by atoms with Crippen LogP contribution in [0.5, 0.6) is 5.75 Å². The third kappa shape index (κ3) is 4.70. The molecule has 6 nitrogen and oxygen atoms in total. The number of esters is 1. The molecule has 0 aliphatic heterocycles. The number of hydrogen-bond donors (Lipinski definition) is 1. The third-order valence-corrected chi connectivity index (χ3v) is 4.50. The molecule has 1 atom stereocenters. The third-order valence-electron chi connectivity index (χ3n) is 4.50. The predicted molar refractivity (Wildman–Crippen MR) is 105 cm³/mol. The lowest BCUT2D eigenvalue weighted by Gasteiger charge is -2.18. The Hall–Kier alpha value is -2.76. The van der Waals surface area contributed by atoms with Crippen molar-refractivity contribution in [1.29, 1.82) is 0 Å². The van der Waals surface area contributed by atoms with Gasteiger partial charge in [0.05, 0.1) is 19.8 Å². The van der Waals surface area contributed by atoms with Crippen molar-refractivity contribution in [3.05, 3.63) is 47.3 Å². The molecular weight excluding hydrogens is 344 g/mol. The number of nitrogens with zero attached hydrogens (tertiary/aromatic N) is 1. The zero-order chi connectivity index (χ0) is 20.1. The number of rotatable bonds is 7. The highest BCUT2D eigenvalue weighted by Gasteiger charge is 2.25. The SMILES string of the molecule is COC(=O)C(CC(C)C)NC(=O)c1cc(C)n(-c2ccc(OC)cc2)c1C. The molecule has 1 N–H and O–H groups in total. The lowest BCUT2D eigenvalue weighted by atomic mass is 10.0. The monoisotopic (exact) mass is 372 g/mol. The van der Waals surface area contributed by atoms with E-state index in [0.29, 0.717) is 12.0 Å². The van der Waals surface area contributed by atoms with E-state index in [1.54, 1.807) is 7.11 Å². The van der Waals surface area contributed by atoms with Crippen molar-refractivity contribution in [1.82, 2.24) is 9.88 Å². The van der Waals surface area contributed by atoms with Crippen LogP contribution in [0.1, 0.15) is 42.0 Å². The summed E-state index contributed by atoms with van der Waals surface area (Å²) in [6.45, 7) is 7.83. The maximum Gasteiger partial charge on any atom is 0.328 e. The highest BCUT2D eigenvalue weighted by atomic mass is 16.5. The van der Waals surface area contributed by atoms with Gasteiger partial charge in [-0.15, -0.1) is 0 Å². The molecule has 27 heavy (non-hydrogen) atoms. The van der Waals surface area contributed by atoms with Crippen molar-refractivity contribution in [2.75, 3.05) is 14.2 Å². The van der Waals surface area contributed by atoms with Crippen molar-refractivity contribution < 1.29 is 19.1 Å². The maximum atomic E-state index is 12.8. The Morgan fingerprint density at radius 3 is 2.26 bits per heavy atom. The summed E-state index contributed by atoms with van der Waals surface area (Å²) in [5, 5.41) is 2.82. The van der Waals surface area contributed by atoms with E-state index in [0.717, 1.165) is 22.8 Å². The van der Waals surface area contributed by atoms with Crippen molar-refractivity contribution in [2.24, 2.45) is 5.92 Å². The van der Waals surface area contributed by atoms with E-state index in [1.165, 1.54) is 7.11 Å². The molecular formula is C21H28N2O4. The first-order chi connectivity index (χ1) is 12.8. The van der Waals surface area contributed by atoms with Crippen LogP contribution >= 0.6 is 0 Å². The Morgan fingerprint density at radius 1 is 1.11 bits per heavy atom. The number of carbonyl (C=O) groups is 2. The molecule has 0 radical (unpaired) electrons. The van der Waals surface area contributed by atoms with Gasteiger partial charge in [-0.25, -0.2) is 4.79 Å². The number of nitrogens with one attached hydrogen (secondary N) is 1. The highest BCUT2D eigenvalue weighted by Crippen LogP contribution is 2.23. The molecule has 146 valence electrons. The number of aryl methyl sites for hydroxylation is 1. The Labute approximate surface area is 160 Å². The normalized spacial score (nSPS) is 12.0.